The van der Waals surface area contributed by atoms with E-state index >= 15 is 0 Å². The van der Waals surface area contributed by atoms with E-state index in [4.69, 9.17) is 0 Å². The van der Waals surface area contributed by atoms with Gasteiger partial charge in [-0.05, 0) is 41.5 Å². The van der Waals surface area contributed by atoms with Crippen LogP contribution in [0.25, 0.3) is 0 Å². The third-order valence-corrected chi connectivity index (χ3v) is 4.05. The summed E-state index contributed by atoms with van der Waals surface area (Å²) < 4.78 is 37.5. The van der Waals surface area contributed by atoms with Gasteiger partial charge in [-0.1, -0.05) is 42.5 Å². The van der Waals surface area contributed by atoms with E-state index in [9.17, 15) is 18.3 Å². The number of alkyl halides is 3. The van der Waals surface area contributed by atoms with Crippen molar-refractivity contribution >= 4 is 0 Å². The molecule has 2 aromatic carbocycles. The summed E-state index contributed by atoms with van der Waals surface area (Å²) in [4.78, 5) is 0. The quantitative estimate of drug-likeness (QED) is 0.880. The van der Waals surface area contributed by atoms with Crippen LogP contribution >= 0.6 is 0 Å². The molecule has 1 fully saturated rings. The summed E-state index contributed by atoms with van der Waals surface area (Å²) >= 11 is 0. The molecule has 1 saturated carbocycles. The minimum absolute atomic E-state index is 0.0872. The van der Waals surface area contributed by atoms with E-state index in [1.807, 2.05) is 30.3 Å². The molecule has 1 aliphatic rings. The van der Waals surface area contributed by atoms with Gasteiger partial charge in [0.25, 0.3) is 0 Å². The van der Waals surface area contributed by atoms with E-state index in [-0.39, 0.29) is 5.92 Å². The van der Waals surface area contributed by atoms with Crippen molar-refractivity contribution in [2.24, 2.45) is 5.92 Å². The van der Waals surface area contributed by atoms with Crippen molar-refractivity contribution in [1.82, 2.24) is 0 Å². The summed E-state index contributed by atoms with van der Waals surface area (Å²) in [7, 11) is 0. The van der Waals surface area contributed by atoms with Crippen molar-refractivity contribution in [2.75, 3.05) is 0 Å². The van der Waals surface area contributed by atoms with E-state index in [1.165, 1.54) is 17.7 Å². The van der Waals surface area contributed by atoms with Crippen molar-refractivity contribution < 1.29 is 18.3 Å². The number of benzene rings is 2. The van der Waals surface area contributed by atoms with E-state index in [1.54, 1.807) is 0 Å². The summed E-state index contributed by atoms with van der Waals surface area (Å²) in [6, 6.07) is 14.7. The molecular formula is C17H15F3O. The zero-order valence-electron chi connectivity index (χ0n) is 11.2. The van der Waals surface area contributed by atoms with Gasteiger partial charge >= 0.3 is 6.18 Å². The predicted molar refractivity (Wildman–Crippen MR) is 73.7 cm³/mol. The normalized spacial score (nSPS) is 22.9. The standard InChI is InChI=1S/C17H15F3O/c18-17(19,20)13-8-6-12(7-9-13)16(21)15-10-14(15)11-4-2-1-3-5-11/h1-9,14-16,21H,10H2. The second-order valence-corrected chi connectivity index (χ2v) is 5.48. The van der Waals surface area contributed by atoms with Crippen LogP contribution in [0, 0.1) is 5.92 Å². The molecule has 21 heavy (non-hydrogen) atoms. The Balaban J connectivity index is 1.71. The first kappa shape index (κ1) is 14.1. The molecule has 1 nitrogen and oxygen atoms in total. The Kier molecular flexibility index (Phi) is 3.49. The highest BCUT2D eigenvalue weighted by Crippen LogP contribution is 2.54. The van der Waals surface area contributed by atoms with Gasteiger partial charge in [0.15, 0.2) is 0 Å². The molecule has 3 atom stereocenters. The van der Waals surface area contributed by atoms with Crippen LogP contribution in [0.4, 0.5) is 13.2 Å². The highest BCUT2D eigenvalue weighted by atomic mass is 19.4. The second-order valence-electron chi connectivity index (χ2n) is 5.48. The van der Waals surface area contributed by atoms with Crippen LogP contribution in [0.15, 0.2) is 54.6 Å². The van der Waals surface area contributed by atoms with Crippen LogP contribution in [-0.4, -0.2) is 5.11 Å². The minimum Gasteiger partial charge on any atom is -0.388 e. The molecule has 3 unspecified atom stereocenters. The Morgan fingerprint density at radius 3 is 2.14 bits per heavy atom. The predicted octanol–water partition coefficient (Wildman–Crippen LogP) is 4.54. The van der Waals surface area contributed by atoms with E-state index in [0.717, 1.165) is 18.6 Å². The maximum absolute atomic E-state index is 12.5. The smallest absolute Gasteiger partial charge is 0.388 e. The SMILES string of the molecule is OC(c1ccc(C(F)(F)F)cc1)C1CC1c1ccccc1. The van der Waals surface area contributed by atoms with E-state index in [0.29, 0.717) is 11.5 Å². The second kappa shape index (κ2) is 5.19. The summed E-state index contributed by atoms with van der Waals surface area (Å²) in [6.45, 7) is 0. The molecule has 110 valence electrons. The molecular weight excluding hydrogens is 277 g/mol. The zero-order chi connectivity index (χ0) is 15.0. The molecule has 0 spiro atoms. The van der Waals surface area contributed by atoms with Crippen molar-refractivity contribution in [2.45, 2.75) is 24.6 Å². The van der Waals surface area contributed by atoms with Gasteiger partial charge < -0.3 is 5.11 Å². The van der Waals surface area contributed by atoms with Crippen LogP contribution in [0.1, 0.15) is 35.1 Å². The van der Waals surface area contributed by atoms with Crippen LogP contribution in [0.2, 0.25) is 0 Å². The van der Waals surface area contributed by atoms with Gasteiger partial charge in [-0.2, -0.15) is 13.2 Å². The van der Waals surface area contributed by atoms with Gasteiger partial charge in [-0.3, -0.25) is 0 Å². The summed E-state index contributed by atoms with van der Waals surface area (Å²) in [5.41, 5.74) is 1.04. The number of hydrogen-bond acceptors (Lipinski definition) is 1. The van der Waals surface area contributed by atoms with Gasteiger partial charge in [0.05, 0.1) is 11.7 Å². The van der Waals surface area contributed by atoms with Crippen molar-refractivity contribution in [3.05, 3.63) is 71.3 Å². The highest BCUT2D eigenvalue weighted by molar-refractivity contribution is 5.31. The topological polar surface area (TPSA) is 20.2 Å². The molecule has 0 amide bonds. The maximum atomic E-state index is 12.5. The average Bonchev–Trinajstić information content (AvgIpc) is 3.27. The monoisotopic (exact) mass is 292 g/mol. The molecule has 1 N–H and O–H groups in total. The lowest BCUT2D eigenvalue weighted by Crippen LogP contribution is -2.06. The summed E-state index contributed by atoms with van der Waals surface area (Å²) in [5, 5.41) is 10.3. The first-order valence-corrected chi connectivity index (χ1v) is 6.87. The Bertz CT molecular complexity index is 604. The first-order chi connectivity index (χ1) is 9.97. The van der Waals surface area contributed by atoms with E-state index in [2.05, 4.69) is 0 Å². The molecule has 1 aliphatic carbocycles. The van der Waals surface area contributed by atoms with Crippen LogP contribution in [-0.2, 0) is 6.18 Å². The van der Waals surface area contributed by atoms with Crippen molar-refractivity contribution in [1.29, 1.82) is 0 Å². The Morgan fingerprint density at radius 2 is 1.57 bits per heavy atom. The van der Waals surface area contributed by atoms with Gasteiger partial charge in [-0.15, -0.1) is 0 Å². The van der Waals surface area contributed by atoms with Crippen LogP contribution < -0.4 is 0 Å². The molecule has 4 heteroatoms. The number of aliphatic hydroxyl groups excluding tert-OH is 1. The number of rotatable bonds is 3. The zero-order valence-corrected chi connectivity index (χ0v) is 11.2. The van der Waals surface area contributed by atoms with Crippen LogP contribution in [0.3, 0.4) is 0 Å². The van der Waals surface area contributed by atoms with Gasteiger partial charge in [0.1, 0.15) is 0 Å². The number of hydrogen-bond donors (Lipinski definition) is 1. The molecule has 0 saturated heterocycles. The number of halogens is 3. The fourth-order valence-electron chi connectivity index (χ4n) is 2.76. The van der Waals surface area contributed by atoms with Gasteiger partial charge in [0, 0.05) is 0 Å². The molecule has 0 heterocycles. The lowest BCUT2D eigenvalue weighted by Gasteiger charge is -2.13. The Labute approximate surface area is 121 Å². The Hall–Kier alpha value is -1.81. The molecule has 0 aliphatic heterocycles. The third-order valence-electron chi connectivity index (χ3n) is 4.05. The fraction of sp³-hybridized carbons (Fsp3) is 0.294. The largest absolute Gasteiger partial charge is 0.416 e. The Morgan fingerprint density at radius 1 is 0.952 bits per heavy atom. The lowest BCUT2D eigenvalue weighted by molar-refractivity contribution is -0.137. The lowest BCUT2D eigenvalue weighted by atomic mass is 10.00. The average molecular weight is 292 g/mol. The molecule has 0 bridgehead atoms. The molecule has 2 aromatic rings. The van der Waals surface area contributed by atoms with E-state index < -0.39 is 17.8 Å². The number of aliphatic hydroxyl groups is 1. The molecule has 0 radical (unpaired) electrons. The molecule has 0 aromatic heterocycles. The highest BCUT2D eigenvalue weighted by Gasteiger charge is 2.43. The summed E-state index contributed by atoms with van der Waals surface area (Å²) in [5.74, 6) is 0.382. The maximum Gasteiger partial charge on any atom is 0.416 e. The first-order valence-electron chi connectivity index (χ1n) is 6.87. The van der Waals surface area contributed by atoms with Crippen LogP contribution in [0.5, 0.6) is 0 Å². The van der Waals surface area contributed by atoms with Crippen molar-refractivity contribution in [3.8, 4) is 0 Å². The summed E-state index contributed by atoms with van der Waals surface area (Å²) in [6.07, 6.45) is -4.18. The van der Waals surface area contributed by atoms with Gasteiger partial charge in [-0.25, -0.2) is 0 Å². The van der Waals surface area contributed by atoms with Crippen molar-refractivity contribution in [3.63, 3.8) is 0 Å². The minimum atomic E-state index is -4.34. The third kappa shape index (κ3) is 2.95. The molecule has 3 rings (SSSR count). The fourth-order valence-corrected chi connectivity index (χ4v) is 2.76. The van der Waals surface area contributed by atoms with Gasteiger partial charge in [0.2, 0.25) is 0 Å².